The number of aromatic nitrogens is 3. The van der Waals surface area contributed by atoms with Gasteiger partial charge in [0.05, 0.1) is 12.2 Å². The van der Waals surface area contributed by atoms with Gasteiger partial charge in [0.2, 0.25) is 0 Å². The molecule has 3 N–H and O–H groups in total. The molecule has 0 fully saturated rings. The molecular formula is C14H17N5O2. The highest BCUT2D eigenvalue weighted by molar-refractivity contribution is 5.83. The van der Waals surface area contributed by atoms with Crippen molar-refractivity contribution in [2.75, 3.05) is 18.4 Å². The predicted octanol–water partition coefficient (Wildman–Crippen LogP) is 0.727. The maximum atomic E-state index is 12.1. The standard InChI is InChI=1S/C14H17N5O2/c20-14(15-7-3-6-13-17-9-18-19-13)12-8-16-10-4-1-2-5-11(10)21-12/h1-2,4-5,9,12,16H,3,6-8H2,(H,15,20)(H,17,18,19). The number of rotatable bonds is 5. The van der Waals surface area contributed by atoms with Crippen molar-refractivity contribution in [1.82, 2.24) is 20.5 Å². The number of nitrogens with zero attached hydrogens (tertiary/aromatic N) is 2. The van der Waals surface area contributed by atoms with Crippen LogP contribution >= 0.6 is 0 Å². The van der Waals surface area contributed by atoms with Crippen LogP contribution in [0.5, 0.6) is 5.75 Å². The van der Waals surface area contributed by atoms with Gasteiger partial charge in [-0.3, -0.25) is 9.89 Å². The van der Waals surface area contributed by atoms with Crippen molar-refractivity contribution in [1.29, 1.82) is 0 Å². The Morgan fingerprint density at radius 3 is 3.19 bits per heavy atom. The zero-order chi connectivity index (χ0) is 14.5. The molecule has 2 aromatic rings. The molecule has 7 nitrogen and oxygen atoms in total. The van der Waals surface area contributed by atoms with Crippen molar-refractivity contribution < 1.29 is 9.53 Å². The van der Waals surface area contributed by atoms with Crippen molar-refractivity contribution in [3.05, 3.63) is 36.4 Å². The number of carbonyl (C=O) groups is 1. The Bertz CT molecular complexity index is 599. The first-order valence-corrected chi connectivity index (χ1v) is 6.94. The fourth-order valence-electron chi connectivity index (χ4n) is 2.19. The lowest BCUT2D eigenvalue weighted by molar-refractivity contribution is -0.127. The van der Waals surface area contributed by atoms with Crippen molar-refractivity contribution >= 4 is 11.6 Å². The number of carbonyl (C=O) groups excluding carboxylic acids is 1. The van der Waals surface area contributed by atoms with Crippen LogP contribution in [0.25, 0.3) is 0 Å². The molecule has 1 aliphatic rings. The summed E-state index contributed by atoms with van der Waals surface area (Å²) >= 11 is 0. The molecule has 1 aromatic carbocycles. The molecular weight excluding hydrogens is 270 g/mol. The van der Waals surface area contributed by atoms with Crippen molar-refractivity contribution in [2.24, 2.45) is 0 Å². The van der Waals surface area contributed by atoms with Gasteiger partial charge in [-0.1, -0.05) is 12.1 Å². The molecule has 0 spiro atoms. The van der Waals surface area contributed by atoms with Crippen LogP contribution in [-0.4, -0.2) is 40.3 Å². The number of benzene rings is 1. The molecule has 7 heteroatoms. The molecule has 0 saturated carbocycles. The summed E-state index contributed by atoms with van der Waals surface area (Å²) in [5, 5.41) is 12.6. The number of amides is 1. The number of nitrogens with one attached hydrogen (secondary N) is 3. The van der Waals surface area contributed by atoms with Gasteiger partial charge in [0.1, 0.15) is 17.9 Å². The van der Waals surface area contributed by atoms with Gasteiger partial charge < -0.3 is 15.4 Å². The van der Waals surface area contributed by atoms with Crippen LogP contribution in [0.15, 0.2) is 30.6 Å². The Morgan fingerprint density at radius 1 is 1.43 bits per heavy atom. The molecule has 1 aromatic heterocycles. The maximum Gasteiger partial charge on any atom is 0.262 e. The number of aryl methyl sites for hydroxylation is 1. The van der Waals surface area contributed by atoms with E-state index in [4.69, 9.17) is 4.74 Å². The van der Waals surface area contributed by atoms with E-state index in [9.17, 15) is 4.79 Å². The van der Waals surface area contributed by atoms with E-state index in [0.717, 1.165) is 24.4 Å². The Kier molecular flexibility index (Phi) is 3.99. The van der Waals surface area contributed by atoms with Crippen LogP contribution in [0.4, 0.5) is 5.69 Å². The highest BCUT2D eigenvalue weighted by Crippen LogP contribution is 2.28. The number of aromatic amines is 1. The first-order valence-electron chi connectivity index (χ1n) is 6.94. The summed E-state index contributed by atoms with van der Waals surface area (Å²) in [5.74, 6) is 1.44. The second-order valence-corrected chi connectivity index (χ2v) is 4.81. The number of para-hydroxylation sites is 2. The quantitative estimate of drug-likeness (QED) is 0.705. The first-order chi connectivity index (χ1) is 10.3. The van der Waals surface area contributed by atoms with E-state index < -0.39 is 6.10 Å². The van der Waals surface area contributed by atoms with E-state index in [1.807, 2.05) is 24.3 Å². The van der Waals surface area contributed by atoms with Gasteiger partial charge in [-0.15, -0.1) is 0 Å². The number of anilines is 1. The Balaban J connectivity index is 1.44. The Hall–Kier alpha value is -2.57. The molecule has 0 saturated heterocycles. The molecule has 0 aliphatic carbocycles. The number of fused-ring (bicyclic) bond motifs is 1. The molecule has 1 aliphatic heterocycles. The van der Waals surface area contributed by atoms with E-state index in [-0.39, 0.29) is 5.91 Å². The molecule has 110 valence electrons. The second-order valence-electron chi connectivity index (χ2n) is 4.81. The molecule has 2 heterocycles. The summed E-state index contributed by atoms with van der Waals surface area (Å²) < 4.78 is 5.69. The average Bonchev–Trinajstić information content (AvgIpc) is 3.04. The molecule has 1 amide bonds. The SMILES string of the molecule is O=C(NCCCc1ncn[nH]1)C1CNc2ccccc2O1. The van der Waals surface area contributed by atoms with Gasteiger partial charge in [-0.25, -0.2) is 4.98 Å². The lowest BCUT2D eigenvalue weighted by atomic mass is 10.2. The van der Waals surface area contributed by atoms with Crippen molar-refractivity contribution in [3.8, 4) is 5.75 Å². The van der Waals surface area contributed by atoms with Crippen LogP contribution in [0.1, 0.15) is 12.2 Å². The molecule has 0 radical (unpaired) electrons. The third kappa shape index (κ3) is 3.31. The molecule has 21 heavy (non-hydrogen) atoms. The Labute approximate surface area is 122 Å². The monoisotopic (exact) mass is 287 g/mol. The van der Waals surface area contributed by atoms with Crippen LogP contribution in [0.3, 0.4) is 0 Å². The van der Waals surface area contributed by atoms with Gasteiger partial charge >= 0.3 is 0 Å². The summed E-state index contributed by atoms with van der Waals surface area (Å²) in [7, 11) is 0. The third-order valence-electron chi connectivity index (χ3n) is 3.28. The number of hydrogen-bond acceptors (Lipinski definition) is 5. The van der Waals surface area contributed by atoms with E-state index in [0.29, 0.717) is 18.8 Å². The minimum Gasteiger partial charge on any atom is -0.477 e. The lowest BCUT2D eigenvalue weighted by Crippen LogP contribution is -2.45. The van der Waals surface area contributed by atoms with E-state index in [1.54, 1.807) is 0 Å². The van der Waals surface area contributed by atoms with E-state index >= 15 is 0 Å². The highest BCUT2D eigenvalue weighted by Gasteiger charge is 2.25. The minimum absolute atomic E-state index is 0.102. The maximum absolute atomic E-state index is 12.1. The number of hydrogen-bond donors (Lipinski definition) is 3. The van der Waals surface area contributed by atoms with Crippen LogP contribution in [0, 0.1) is 0 Å². The van der Waals surface area contributed by atoms with E-state index in [2.05, 4.69) is 25.8 Å². The van der Waals surface area contributed by atoms with Gasteiger partial charge in [0, 0.05) is 13.0 Å². The van der Waals surface area contributed by atoms with E-state index in [1.165, 1.54) is 6.33 Å². The molecule has 1 unspecified atom stereocenters. The zero-order valence-corrected chi connectivity index (χ0v) is 11.5. The summed E-state index contributed by atoms with van der Waals surface area (Å²) in [5.41, 5.74) is 0.923. The van der Waals surface area contributed by atoms with Crippen LogP contribution in [-0.2, 0) is 11.2 Å². The fourth-order valence-corrected chi connectivity index (χ4v) is 2.19. The van der Waals surface area contributed by atoms with Gasteiger partial charge in [-0.05, 0) is 18.6 Å². The van der Waals surface area contributed by atoms with Gasteiger partial charge in [0.25, 0.3) is 5.91 Å². The van der Waals surface area contributed by atoms with Gasteiger partial charge in [-0.2, -0.15) is 5.10 Å². The zero-order valence-electron chi connectivity index (χ0n) is 11.5. The summed E-state index contributed by atoms with van der Waals surface area (Å²) in [6.45, 7) is 1.06. The van der Waals surface area contributed by atoms with Crippen LogP contribution < -0.4 is 15.4 Å². The highest BCUT2D eigenvalue weighted by atomic mass is 16.5. The largest absolute Gasteiger partial charge is 0.477 e. The van der Waals surface area contributed by atoms with Crippen LogP contribution in [0.2, 0.25) is 0 Å². The summed E-state index contributed by atoms with van der Waals surface area (Å²) in [4.78, 5) is 16.1. The number of H-pyrrole nitrogens is 1. The smallest absolute Gasteiger partial charge is 0.262 e. The fraction of sp³-hybridized carbons (Fsp3) is 0.357. The molecule has 3 rings (SSSR count). The minimum atomic E-state index is -0.495. The topological polar surface area (TPSA) is 91.9 Å². The normalized spacial score (nSPS) is 16.5. The Morgan fingerprint density at radius 2 is 2.33 bits per heavy atom. The summed E-state index contributed by atoms with van der Waals surface area (Å²) in [6.07, 6.45) is 2.54. The molecule has 0 bridgehead atoms. The van der Waals surface area contributed by atoms with Crippen molar-refractivity contribution in [3.63, 3.8) is 0 Å². The van der Waals surface area contributed by atoms with Crippen molar-refractivity contribution in [2.45, 2.75) is 18.9 Å². The lowest BCUT2D eigenvalue weighted by Gasteiger charge is -2.26. The summed E-state index contributed by atoms with van der Waals surface area (Å²) in [6, 6.07) is 7.60. The second kappa shape index (κ2) is 6.25. The first kappa shape index (κ1) is 13.4. The predicted molar refractivity (Wildman–Crippen MR) is 77.1 cm³/mol. The number of ether oxygens (including phenoxy) is 1. The third-order valence-corrected chi connectivity index (χ3v) is 3.28. The average molecular weight is 287 g/mol. The molecule has 1 atom stereocenters. The van der Waals surface area contributed by atoms with Gasteiger partial charge in [0.15, 0.2) is 6.10 Å².